The second-order valence-electron chi connectivity index (χ2n) is 4.98. The number of aliphatic hydroxyl groups excluding tert-OH is 1. The van der Waals surface area contributed by atoms with E-state index in [0.717, 1.165) is 18.4 Å². The average Bonchev–Trinajstić information content (AvgIpc) is 2.50. The van der Waals surface area contributed by atoms with Crippen LogP contribution in [0.5, 0.6) is 0 Å². The second kappa shape index (κ2) is 9.50. The van der Waals surface area contributed by atoms with Crippen LogP contribution in [0.2, 0.25) is 0 Å². The van der Waals surface area contributed by atoms with Gasteiger partial charge >= 0.3 is 0 Å². The fraction of sp³-hybridized carbons (Fsp3) is 0.562. The molecule has 0 fully saturated rings. The van der Waals surface area contributed by atoms with Gasteiger partial charge in [0.25, 0.3) is 5.91 Å². The van der Waals surface area contributed by atoms with Crippen LogP contribution in [-0.2, 0) is 6.54 Å². The number of aliphatic hydroxyl groups is 1. The summed E-state index contributed by atoms with van der Waals surface area (Å²) in [5.74, 6) is -0.0147. The first kappa shape index (κ1) is 16.7. The molecular weight excluding hydrogens is 252 g/mol. The molecule has 0 aliphatic carbocycles. The monoisotopic (exact) mass is 278 g/mol. The van der Waals surface area contributed by atoms with Crippen LogP contribution in [0.25, 0.3) is 0 Å². The fourth-order valence-electron chi connectivity index (χ4n) is 2.13. The first-order chi connectivity index (χ1) is 9.72. The third kappa shape index (κ3) is 5.31. The van der Waals surface area contributed by atoms with Crippen LogP contribution in [0.15, 0.2) is 24.3 Å². The molecule has 4 nitrogen and oxygen atoms in total. The maximum absolute atomic E-state index is 12.4. The zero-order valence-electron chi connectivity index (χ0n) is 12.3. The number of nitrogens with two attached hydrogens (primary N) is 1. The summed E-state index contributed by atoms with van der Waals surface area (Å²) in [7, 11) is 0. The Hall–Kier alpha value is -1.39. The number of carbonyl (C=O) groups is 1. The molecular formula is C16H26N2O2. The molecule has 0 bridgehead atoms. The highest BCUT2D eigenvalue weighted by Gasteiger charge is 2.14. The summed E-state index contributed by atoms with van der Waals surface area (Å²) in [5, 5.41) is 9.11. The SMILES string of the molecule is CCCCCCN(CCO)C(=O)c1ccc(CN)cc1. The number of unbranched alkanes of at least 4 members (excludes halogenated alkanes) is 3. The van der Waals surface area contributed by atoms with Crippen molar-refractivity contribution in [2.75, 3.05) is 19.7 Å². The van der Waals surface area contributed by atoms with Crippen LogP contribution >= 0.6 is 0 Å². The number of hydrogen-bond acceptors (Lipinski definition) is 3. The van der Waals surface area contributed by atoms with Crippen LogP contribution < -0.4 is 5.73 Å². The topological polar surface area (TPSA) is 66.6 Å². The van der Waals surface area contributed by atoms with Crippen LogP contribution in [0.1, 0.15) is 48.5 Å². The minimum absolute atomic E-state index is 0.000398. The van der Waals surface area contributed by atoms with Crippen molar-refractivity contribution in [3.63, 3.8) is 0 Å². The molecule has 1 aromatic rings. The van der Waals surface area contributed by atoms with Gasteiger partial charge in [0.15, 0.2) is 0 Å². The highest BCUT2D eigenvalue weighted by molar-refractivity contribution is 5.94. The molecule has 0 saturated carbocycles. The highest BCUT2D eigenvalue weighted by atomic mass is 16.3. The molecule has 1 amide bonds. The van der Waals surface area contributed by atoms with Crippen molar-refractivity contribution < 1.29 is 9.90 Å². The van der Waals surface area contributed by atoms with E-state index in [2.05, 4.69) is 6.92 Å². The van der Waals surface area contributed by atoms with Crippen LogP contribution in [0.4, 0.5) is 0 Å². The molecule has 0 spiro atoms. The molecule has 0 aliphatic heterocycles. The van der Waals surface area contributed by atoms with E-state index in [1.165, 1.54) is 12.8 Å². The lowest BCUT2D eigenvalue weighted by molar-refractivity contribution is 0.0718. The van der Waals surface area contributed by atoms with Gasteiger partial charge in [-0.25, -0.2) is 0 Å². The zero-order chi connectivity index (χ0) is 14.8. The Kier molecular flexibility index (Phi) is 7.92. The van der Waals surface area contributed by atoms with Gasteiger partial charge < -0.3 is 15.7 Å². The van der Waals surface area contributed by atoms with Gasteiger partial charge in [0.1, 0.15) is 0 Å². The van der Waals surface area contributed by atoms with Gasteiger partial charge in [-0.3, -0.25) is 4.79 Å². The van der Waals surface area contributed by atoms with Crippen molar-refractivity contribution >= 4 is 5.91 Å². The Bertz CT molecular complexity index is 390. The number of nitrogens with zero attached hydrogens (tertiary/aromatic N) is 1. The van der Waals surface area contributed by atoms with Crippen LogP contribution in [-0.4, -0.2) is 35.6 Å². The number of carbonyl (C=O) groups excluding carboxylic acids is 1. The van der Waals surface area contributed by atoms with E-state index in [1.54, 1.807) is 17.0 Å². The normalized spacial score (nSPS) is 10.6. The molecule has 0 saturated heterocycles. The summed E-state index contributed by atoms with van der Waals surface area (Å²) in [6, 6.07) is 7.37. The Morgan fingerprint density at radius 1 is 1.15 bits per heavy atom. The van der Waals surface area contributed by atoms with Crippen LogP contribution in [0, 0.1) is 0 Å². The third-order valence-electron chi connectivity index (χ3n) is 3.38. The average molecular weight is 278 g/mol. The van der Waals surface area contributed by atoms with Gasteiger partial charge in [-0.05, 0) is 24.1 Å². The molecule has 0 unspecified atom stereocenters. The highest BCUT2D eigenvalue weighted by Crippen LogP contribution is 2.09. The Morgan fingerprint density at radius 3 is 2.40 bits per heavy atom. The minimum atomic E-state index is -0.0147. The Balaban J connectivity index is 2.61. The van der Waals surface area contributed by atoms with Crippen molar-refractivity contribution in [1.29, 1.82) is 0 Å². The molecule has 1 rings (SSSR count). The molecule has 1 aromatic carbocycles. The zero-order valence-corrected chi connectivity index (χ0v) is 12.3. The molecule has 0 heterocycles. The van der Waals surface area contributed by atoms with Crippen molar-refractivity contribution in [3.8, 4) is 0 Å². The Morgan fingerprint density at radius 2 is 1.85 bits per heavy atom. The fourth-order valence-corrected chi connectivity index (χ4v) is 2.13. The summed E-state index contributed by atoms with van der Waals surface area (Å²) >= 11 is 0. The van der Waals surface area contributed by atoms with Crippen molar-refractivity contribution in [1.82, 2.24) is 4.90 Å². The largest absolute Gasteiger partial charge is 0.395 e. The number of amides is 1. The van der Waals surface area contributed by atoms with E-state index in [1.807, 2.05) is 12.1 Å². The summed E-state index contributed by atoms with van der Waals surface area (Å²) in [5.41, 5.74) is 7.22. The molecule has 0 radical (unpaired) electrons. The lowest BCUT2D eigenvalue weighted by Crippen LogP contribution is -2.34. The quantitative estimate of drug-likeness (QED) is 0.680. The maximum Gasteiger partial charge on any atom is 0.253 e. The lowest BCUT2D eigenvalue weighted by atomic mass is 10.1. The van der Waals surface area contributed by atoms with Crippen molar-refractivity contribution in [2.24, 2.45) is 5.73 Å². The van der Waals surface area contributed by atoms with Gasteiger partial charge in [0.2, 0.25) is 0 Å². The van der Waals surface area contributed by atoms with E-state index >= 15 is 0 Å². The predicted molar refractivity (Wildman–Crippen MR) is 81.5 cm³/mol. The summed E-state index contributed by atoms with van der Waals surface area (Å²) in [6.45, 7) is 3.74. The molecule has 112 valence electrons. The molecule has 3 N–H and O–H groups in total. The standard InChI is InChI=1S/C16H26N2O2/c1-2-3-4-5-10-18(11-12-19)16(20)15-8-6-14(13-17)7-9-15/h6-9,19H,2-5,10-13,17H2,1H3. The number of hydrogen-bond donors (Lipinski definition) is 2. The third-order valence-corrected chi connectivity index (χ3v) is 3.38. The first-order valence-electron chi connectivity index (χ1n) is 7.42. The first-order valence-corrected chi connectivity index (χ1v) is 7.42. The predicted octanol–water partition coefficient (Wildman–Crippen LogP) is 2.16. The van der Waals surface area contributed by atoms with E-state index in [-0.39, 0.29) is 12.5 Å². The minimum Gasteiger partial charge on any atom is -0.395 e. The van der Waals surface area contributed by atoms with E-state index < -0.39 is 0 Å². The second-order valence-corrected chi connectivity index (χ2v) is 4.98. The van der Waals surface area contributed by atoms with Gasteiger partial charge in [-0.2, -0.15) is 0 Å². The molecule has 0 aliphatic rings. The smallest absolute Gasteiger partial charge is 0.253 e. The van der Waals surface area contributed by atoms with Gasteiger partial charge in [-0.1, -0.05) is 38.3 Å². The van der Waals surface area contributed by atoms with Crippen molar-refractivity contribution in [3.05, 3.63) is 35.4 Å². The molecule has 0 atom stereocenters. The summed E-state index contributed by atoms with van der Waals surface area (Å²) in [6.07, 6.45) is 4.47. The summed E-state index contributed by atoms with van der Waals surface area (Å²) < 4.78 is 0. The molecule has 4 heteroatoms. The van der Waals surface area contributed by atoms with Crippen molar-refractivity contribution in [2.45, 2.75) is 39.2 Å². The Labute approximate surface area is 121 Å². The summed E-state index contributed by atoms with van der Waals surface area (Å²) in [4.78, 5) is 14.1. The number of benzene rings is 1. The van der Waals surface area contributed by atoms with Crippen LogP contribution in [0.3, 0.4) is 0 Å². The van der Waals surface area contributed by atoms with Gasteiger partial charge in [-0.15, -0.1) is 0 Å². The maximum atomic E-state index is 12.4. The van der Waals surface area contributed by atoms with E-state index in [4.69, 9.17) is 10.8 Å². The van der Waals surface area contributed by atoms with E-state index in [9.17, 15) is 4.79 Å². The molecule has 0 aromatic heterocycles. The van der Waals surface area contributed by atoms with Gasteiger partial charge in [0.05, 0.1) is 6.61 Å². The molecule has 20 heavy (non-hydrogen) atoms. The van der Waals surface area contributed by atoms with Gasteiger partial charge in [0, 0.05) is 25.2 Å². The van der Waals surface area contributed by atoms with E-state index in [0.29, 0.717) is 25.2 Å². The lowest BCUT2D eigenvalue weighted by Gasteiger charge is -2.22. The number of rotatable bonds is 9.